The Hall–Kier alpha value is -3.23. The molecule has 8 nitrogen and oxygen atoms in total. The van der Waals surface area contributed by atoms with E-state index in [4.69, 9.17) is 20.9 Å². The predicted octanol–water partition coefficient (Wildman–Crippen LogP) is 3.21. The number of hydrogen-bond acceptors (Lipinski definition) is 7. The lowest BCUT2D eigenvalue weighted by molar-refractivity contribution is -0.153. The summed E-state index contributed by atoms with van der Waals surface area (Å²) < 4.78 is 11.0. The fourth-order valence-electron chi connectivity index (χ4n) is 4.32. The zero-order valence-corrected chi connectivity index (χ0v) is 18.9. The highest BCUT2D eigenvalue weighted by Crippen LogP contribution is 2.30. The van der Waals surface area contributed by atoms with Crippen LogP contribution in [0.2, 0.25) is 5.02 Å². The number of cyclic esters (lactones) is 1. The number of benzene rings is 2. The SMILES string of the molecule is C[C@]1(C(=O)N2CCN(Cc3nc(-c4ccc(Cl)cc4)no3)CC2)Cc2ccccc2C(=O)O1. The summed E-state index contributed by atoms with van der Waals surface area (Å²) in [7, 11) is 0. The Morgan fingerprint density at radius 3 is 2.58 bits per heavy atom. The summed E-state index contributed by atoms with van der Waals surface area (Å²) in [6.07, 6.45) is 0.378. The minimum atomic E-state index is -1.19. The Kier molecular flexibility index (Phi) is 5.64. The molecule has 0 unspecified atom stereocenters. The first kappa shape index (κ1) is 21.6. The van der Waals surface area contributed by atoms with Crippen molar-refractivity contribution in [3.8, 4) is 11.4 Å². The maximum absolute atomic E-state index is 13.3. The standard InChI is InChI=1S/C24H23ClN4O4/c1-24(14-17-4-2-3-5-19(17)22(30)32-24)23(31)29-12-10-28(11-13-29)15-20-26-21(27-33-20)16-6-8-18(25)9-7-16/h2-9H,10-15H2,1H3/t24-/m1/s1. The number of esters is 1. The van der Waals surface area contributed by atoms with Gasteiger partial charge < -0.3 is 14.2 Å². The Morgan fingerprint density at radius 2 is 1.82 bits per heavy atom. The molecule has 1 fully saturated rings. The van der Waals surface area contributed by atoms with Gasteiger partial charge in [-0.25, -0.2) is 4.79 Å². The molecular formula is C24H23ClN4O4. The van der Waals surface area contributed by atoms with Crippen LogP contribution in [0.3, 0.4) is 0 Å². The molecule has 9 heteroatoms. The van der Waals surface area contributed by atoms with Crippen LogP contribution in [0.25, 0.3) is 11.4 Å². The van der Waals surface area contributed by atoms with E-state index in [0.29, 0.717) is 61.4 Å². The van der Waals surface area contributed by atoms with E-state index in [1.807, 2.05) is 24.3 Å². The zero-order chi connectivity index (χ0) is 23.0. The first-order chi connectivity index (χ1) is 15.9. The van der Waals surface area contributed by atoms with E-state index in [0.717, 1.165) is 11.1 Å². The number of aromatic nitrogens is 2. The number of halogens is 1. The van der Waals surface area contributed by atoms with Crippen molar-refractivity contribution in [3.05, 3.63) is 70.6 Å². The molecule has 0 spiro atoms. The molecule has 2 aliphatic rings. The molecular weight excluding hydrogens is 444 g/mol. The Morgan fingerprint density at radius 1 is 1.09 bits per heavy atom. The van der Waals surface area contributed by atoms with Crippen LogP contribution in [0.5, 0.6) is 0 Å². The van der Waals surface area contributed by atoms with E-state index < -0.39 is 11.6 Å². The number of ether oxygens (including phenoxy) is 1. The van der Waals surface area contributed by atoms with E-state index in [1.165, 1.54) is 0 Å². The van der Waals surface area contributed by atoms with Gasteiger partial charge in [0.05, 0.1) is 12.1 Å². The van der Waals surface area contributed by atoms with Gasteiger partial charge in [0.1, 0.15) is 0 Å². The highest BCUT2D eigenvalue weighted by molar-refractivity contribution is 6.30. The van der Waals surface area contributed by atoms with Gasteiger partial charge >= 0.3 is 5.97 Å². The third kappa shape index (κ3) is 4.36. The molecule has 1 saturated heterocycles. The average molecular weight is 467 g/mol. The number of nitrogens with zero attached hydrogens (tertiary/aromatic N) is 4. The summed E-state index contributed by atoms with van der Waals surface area (Å²) >= 11 is 5.93. The summed E-state index contributed by atoms with van der Waals surface area (Å²) in [5.74, 6) is 0.430. The highest BCUT2D eigenvalue weighted by Gasteiger charge is 2.45. The number of amides is 1. The Bertz CT molecular complexity index is 1190. The van der Waals surface area contributed by atoms with Gasteiger partial charge in [-0.15, -0.1) is 0 Å². The van der Waals surface area contributed by atoms with Gasteiger partial charge in [0.15, 0.2) is 5.60 Å². The van der Waals surface area contributed by atoms with Crippen molar-refractivity contribution in [3.63, 3.8) is 0 Å². The summed E-state index contributed by atoms with van der Waals surface area (Å²) in [6.45, 7) is 4.59. The Balaban J connectivity index is 1.19. The van der Waals surface area contributed by atoms with Gasteiger partial charge in [0.2, 0.25) is 11.7 Å². The zero-order valence-electron chi connectivity index (χ0n) is 18.2. The number of piperazine rings is 1. The molecule has 0 radical (unpaired) electrons. The molecule has 1 atom stereocenters. The molecule has 2 aromatic carbocycles. The van der Waals surface area contributed by atoms with Gasteiger partial charge in [-0.3, -0.25) is 9.69 Å². The van der Waals surface area contributed by atoms with Crippen LogP contribution >= 0.6 is 11.6 Å². The van der Waals surface area contributed by atoms with Crippen LogP contribution in [0, 0.1) is 0 Å². The molecule has 0 N–H and O–H groups in total. The fourth-order valence-corrected chi connectivity index (χ4v) is 4.45. The highest BCUT2D eigenvalue weighted by atomic mass is 35.5. The van der Waals surface area contributed by atoms with Crippen molar-refractivity contribution < 1.29 is 18.8 Å². The summed E-state index contributed by atoms with van der Waals surface area (Å²) in [4.78, 5) is 34.1. The van der Waals surface area contributed by atoms with E-state index >= 15 is 0 Å². The number of carbonyl (C=O) groups is 2. The summed E-state index contributed by atoms with van der Waals surface area (Å²) in [6, 6.07) is 14.5. The number of carbonyl (C=O) groups excluding carboxylic acids is 2. The molecule has 3 heterocycles. The van der Waals surface area contributed by atoms with Crippen LogP contribution in [-0.2, 0) is 22.5 Å². The van der Waals surface area contributed by atoms with Gasteiger partial charge in [-0.2, -0.15) is 4.98 Å². The molecule has 170 valence electrons. The fraction of sp³-hybridized carbons (Fsp3) is 0.333. The third-order valence-corrected chi connectivity index (χ3v) is 6.38. The van der Waals surface area contributed by atoms with Gasteiger partial charge in [0.25, 0.3) is 5.91 Å². The quantitative estimate of drug-likeness (QED) is 0.545. The van der Waals surface area contributed by atoms with Gasteiger partial charge in [0, 0.05) is 43.2 Å². The molecule has 5 rings (SSSR count). The van der Waals surface area contributed by atoms with Crippen molar-refractivity contribution >= 4 is 23.5 Å². The van der Waals surface area contributed by atoms with Crippen molar-refractivity contribution in [1.29, 1.82) is 0 Å². The molecule has 0 bridgehead atoms. The number of rotatable bonds is 4. The van der Waals surface area contributed by atoms with E-state index in [1.54, 1.807) is 36.1 Å². The minimum absolute atomic E-state index is 0.159. The molecule has 33 heavy (non-hydrogen) atoms. The molecule has 0 saturated carbocycles. The van der Waals surface area contributed by atoms with Crippen molar-refractivity contribution in [2.75, 3.05) is 26.2 Å². The van der Waals surface area contributed by atoms with Crippen molar-refractivity contribution in [2.45, 2.75) is 25.5 Å². The maximum atomic E-state index is 13.3. The van der Waals surface area contributed by atoms with E-state index in [-0.39, 0.29) is 5.91 Å². The first-order valence-electron chi connectivity index (χ1n) is 10.8. The maximum Gasteiger partial charge on any atom is 0.339 e. The van der Waals surface area contributed by atoms with Gasteiger partial charge in [-0.1, -0.05) is 35.0 Å². The van der Waals surface area contributed by atoms with E-state index in [9.17, 15) is 9.59 Å². The predicted molar refractivity (Wildman–Crippen MR) is 121 cm³/mol. The lowest BCUT2D eigenvalue weighted by Gasteiger charge is -2.40. The third-order valence-electron chi connectivity index (χ3n) is 6.12. The minimum Gasteiger partial charge on any atom is -0.445 e. The van der Waals surface area contributed by atoms with Crippen LogP contribution < -0.4 is 0 Å². The van der Waals surface area contributed by atoms with Crippen LogP contribution in [0.15, 0.2) is 53.1 Å². The number of fused-ring (bicyclic) bond motifs is 1. The van der Waals surface area contributed by atoms with Gasteiger partial charge in [-0.05, 0) is 42.8 Å². The second-order valence-corrected chi connectivity index (χ2v) is 8.98. The summed E-state index contributed by atoms with van der Waals surface area (Å²) in [5.41, 5.74) is 1.02. The Labute approximate surface area is 196 Å². The lowest BCUT2D eigenvalue weighted by atomic mass is 9.88. The average Bonchev–Trinajstić information content (AvgIpc) is 3.28. The van der Waals surface area contributed by atoms with E-state index in [2.05, 4.69) is 15.0 Å². The van der Waals surface area contributed by atoms with Crippen molar-refractivity contribution in [1.82, 2.24) is 19.9 Å². The van der Waals surface area contributed by atoms with Crippen LogP contribution in [0.4, 0.5) is 0 Å². The second kappa shape index (κ2) is 8.61. The number of hydrogen-bond donors (Lipinski definition) is 0. The van der Waals surface area contributed by atoms with Crippen LogP contribution in [0.1, 0.15) is 28.7 Å². The second-order valence-electron chi connectivity index (χ2n) is 8.54. The monoisotopic (exact) mass is 466 g/mol. The summed E-state index contributed by atoms with van der Waals surface area (Å²) in [5, 5.41) is 4.70. The molecule has 1 amide bonds. The van der Waals surface area contributed by atoms with Crippen LogP contribution in [-0.4, -0.2) is 63.6 Å². The van der Waals surface area contributed by atoms with Crippen molar-refractivity contribution in [2.24, 2.45) is 0 Å². The smallest absolute Gasteiger partial charge is 0.339 e. The lowest BCUT2D eigenvalue weighted by Crippen LogP contribution is -2.57. The normalized spacial score (nSPS) is 20.9. The topological polar surface area (TPSA) is 88.8 Å². The molecule has 1 aromatic heterocycles. The first-order valence-corrected chi connectivity index (χ1v) is 11.2. The molecule has 2 aliphatic heterocycles. The molecule has 3 aromatic rings. The molecule has 0 aliphatic carbocycles. The largest absolute Gasteiger partial charge is 0.445 e.